The van der Waals surface area contributed by atoms with Crippen molar-refractivity contribution in [2.45, 2.75) is 39.0 Å². The van der Waals surface area contributed by atoms with Crippen molar-refractivity contribution in [3.63, 3.8) is 0 Å². The topological polar surface area (TPSA) is 29.3 Å². The number of piperidine rings is 1. The molecule has 0 unspecified atom stereocenters. The Hall–Kier alpha value is -1.35. The second-order valence-electron chi connectivity index (χ2n) is 5.68. The van der Waals surface area contributed by atoms with Crippen LogP contribution in [0.5, 0.6) is 0 Å². The molecule has 102 valence electrons. The van der Waals surface area contributed by atoms with Gasteiger partial charge in [0.05, 0.1) is 5.69 Å². The summed E-state index contributed by atoms with van der Waals surface area (Å²) in [5.74, 6) is 0.566. The zero-order valence-electron chi connectivity index (χ0n) is 11.9. The van der Waals surface area contributed by atoms with Crippen LogP contribution in [-0.2, 0) is 0 Å². The van der Waals surface area contributed by atoms with Crippen molar-refractivity contribution in [2.24, 2.45) is 0 Å². The van der Waals surface area contributed by atoms with Crippen molar-refractivity contribution in [1.29, 1.82) is 0 Å². The minimum atomic E-state index is 0.566. The summed E-state index contributed by atoms with van der Waals surface area (Å²) in [7, 11) is 0. The maximum atomic E-state index is 5.47. The average Bonchev–Trinajstić information content (AvgIpc) is 2.83. The van der Waals surface area contributed by atoms with E-state index in [0.717, 1.165) is 5.58 Å². The molecule has 0 atom stereocenters. The van der Waals surface area contributed by atoms with E-state index in [1.807, 2.05) is 6.07 Å². The van der Waals surface area contributed by atoms with Crippen LogP contribution in [-0.4, -0.2) is 29.7 Å². The first-order chi connectivity index (χ1) is 9.28. The summed E-state index contributed by atoms with van der Waals surface area (Å²) in [5.41, 5.74) is 3.38. The van der Waals surface area contributed by atoms with Crippen LogP contribution in [0, 0.1) is 6.92 Å². The number of likely N-dealkylation sites (tertiary alicyclic amines) is 1. The summed E-state index contributed by atoms with van der Waals surface area (Å²) in [6.07, 6.45) is 3.65. The molecule has 3 heteroatoms. The van der Waals surface area contributed by atoms with E-state index in [1.54, 1.807) is 0 Å². The molecule has 1 aromatic heterocycles. The molecule has 0 spiro atoms. The summed E-state index contributed by atoms with van der Waals surface area (Å²) in [6, 6.07) is 6.33. The van der Waals surface area contributed by atoms with Crippen LogP contribution in [0.25, 0.3) is 11.0 Å². The van der Waals surface area contributed by atoms with Gasteiger partial charge in [-0.15, -0.1) is 0 Å². The molecular weight excluding hydrogens is 236 g/mol. The number of fused-ring (bicyclic) bond motifs is 1. The van der Waals surface area contributed by atoms with Gasteiger partial charge in [0.2, 0.25) is 0 Å². The minimum Gasteiger partial charge on any atom is -0.356 e. The van der Waals surface area contributed by atoms with Gasteiger partial charge in [0.25, 0.3) is 0 Å². The second-order valence-corrected chi connectivity index (χ2v) is 5.68. The van der Waals surface area contributed by atoms with Crippen LogP contribution in [0.15, 0.2) is 22.7 Å². The van der Waals surface area contributed by atoms with Crippen LogP contribution in [0.4, 0.5) is 0 Å². The van der Waals surface area contributed by atoms with Crippen molar-refractivity contribution in [3.8, 4) is 0 Å². The van der Waals surface area contributed by atoms with E-state index in [4.69, 9.17) is 4.52 Å². The van der Waals surface area contributed by atoms with Gasteiger partial charge in [-0.3, -0.25) is 0 Å². The fourth-order valence-electron chi connectivity index (χ4n) is 3.11. The number of hydrogen-bond donors (Lipinski definition) is 0. The predicted octanol–water partition coefficient (Wildman–Crippen LogP) is 3.73. The van der Waals surface area contributed by atoms with E-state index < -0.39 is 0 Å². The molecule has 19 heavy (non-hydrogen) atoms. The molecule has 3 rings (SSSR count). The van der Waals surface area contributed by atoms with Gasteiger partial charge in [0.15, 0.2) is 5.58 Å². The Morgan fingerprint density at radius 3 is 2.84 bits per heavy atom. The smallest absolute Gasteiger partial charge is 0.167 e. The van der Waals surface area contributed by atoms with Gasteiger partial charge in [0.1, 0.15) is 0 Å². The third-order valence-electron chi connectivity index (χ3n) is 4.17. The molecule has 0 saturated carbocycles. The molecule has 1 aliphatic rings. The standard InChI is InChI=1S/C16H22N2O/c1-3-8-18-9-6-13(7-10-18)16-14-11-12(2)4-5-15(14)19-17-16/h4-5,11,13H,3,6-10H2,1-2H3. The van der Waals surface area contributed by atoms with Gasteiger partial charge in [-0.1, -0.05) is 23.7 Å². The first-order valence-corrected chi connectivity index (χ1v) is 7.36. The van der Waals surface area contributed by atoms with Crippen LogP contribution < -0.4 is 0 Å². The molecule has 0 N–H and O–H groups in total. The molecule has 3 nitrogen and oxygen atoms in total. The SMILES string of the molecule is CCCN1CCC(c2noc3ccc(C)cc23)CC1. The lowest BCUT2D eigenvalue weighted by molar-refractivity contribution is 0.209. The fourth-order valence-corrected chi connectivity index (χ4v) is 3.11. The highest BCUT2D eigenvalue weighted by molar-refractivity contribution is 5.80. The molecule has 0 aliphatic carbocycles. The number of aryl methyl sites for hydroxylation is 1. The number of hydrogen-bond acceptors (Lipinski definition) is 3. The summed E-state index contributed by atoms with van der Waals surface area (Å²) >= 11 is 0. The zero-order valence-corrected chi connectivity index (χ0v) is 11.9. The normalized spacial score (nSPS) is 18.2. The third kappa shape index (κ3) is 2.52. The van der Waals surface area contributed by atoms with Crippen LogP contribution in [0.2, 0.25) is 0 Å². The zero-order chi connectivity index (χ0) is 13.2. The van der Waals surface area contributed by atoms with E-state index in [0.29, 0.717) is 5.92 Å². The van der Waals surface area contributed by atoms with E-state index >= 15 is 0 Å². The largest absolute Gasteiger partial charge is 0.356 e. The quantitative estimate of drug-likeness (QED) is 0.840. The van der Waals surface area contributed by atoms with E-state index in [2.05, 4.69) is 36.0 Å². The maximum absolute atomic E-state index is 5.47. The van der Waals surface area contributed by atoms with Gasteiger partial charge >= 0.3 is 0 Å². The van der Waals surface area contributed by atoms with Gasteiger partial charge in [-0.05, 0) is 58.0 Å². The Bertz CT molecular complexity index is 553. The van der Waals surface area contributed by atoms with Gasteiger partial charge in [-0.2, -0.15) is 0 Å². The lowest BCUT2D eigenvalue weighted by atomic mass is 9.91. The van der Waals surface area contributed by atoms with Crippen LogP contribution >= 0.6 is 0 Å². The number of rotatable bonds is 3. The number of nitrogens with zero attached hydrogens (tertiary/aromatic N) is 2. The Kier molecular flexibility index (Phi) is 3.56. The van der Waals surface area contributed by atoms with Crippen molar-refractivity contribution in [1.82, 2.24) is 10.1 Å². The summed E-state index contributed by atoms with van der Waals surface area (Å²) in [6.45, 7) is 7.99. The van der Waals surface area contributed by atoms with E-state index in [9.17, 15) is 0 Å². The lowest BCUT2D eigenvalue weighted by Gasteiger charge is -2.30. The molecule has 1 aliphatic heterocycles. The number of benzene rings is 1. The van der Waals surface area contributed by atoms with Gasteiger partial charge in [-0.25, -0.2) is 0 Å². The van der Waals surface area contributed by atoms with Gasteiger partial charge in [0, 0.05) is 11.3 Å². The maximum Gasteiger partial charge on any atom is 0.167 e. The molecule has 1 fully saturated rings. The molecule has 1 aromatic carbocycles. The Labute approximate surface area is 114 Å². The predicted molar refractivity (Wildman–Crippen MR) is 77.5 cm³/mol. The molecule has 2 heterocycles. The first-order valence-electron chi connectivity index (χ1n) is 7.36. The van der Waals surface area contributed by atoms with Crippen LogP contribution in [0.1, 0.15) is 43.4 Å². The third-order valence-corrected chi connectivity index (χ3v) is 4.17. The molecular formula is C16H22N2O. The van der Waals surface area contributed by atoms with Crippen molar-refractivity contribution in [2.75, 3.05) is 19.6 Å². The minimum absolute atomic E-state index is 0.566. The van der Waals surface area contributed by atoms with Crippen molar-refractivity contribution < 1.29 is 4.52 Å². The molecule has 2 aromatic rings. The Morgan fingerprint density at radius 1 is 1.32 bits per heavy atom. The number of aromatic nitrogens is 1. The van der Waals surface area contributed by atoms with Crippen molar-refractivity contribution in [3.05, 3.63) is 29.5 Å². The molecule has 0 bridgehead atoms. The average molecular weight is 258 g/mol. The van der Waals surface area contributed by atoms with Crippen molar-refractivity contribution >= 4 is 11.0 Å². The highest BCUT2D eigenvalue weighted by Gasteiger charge is 2.24. The lowest BCUT2D eigenvalue weighted by Crippen LogP contribution is -2.33. The first kappa shape index (κ1) is 12.7. The second kappa shape index (κ2) is 5.33. The van der Waals surface area contributed by atoms with Crippen LogP contribution in [0.3, 0.4) is 0 Å². The fraction of sp³-hybridized carbons (Fsp3) is 0.562. The molecule has 1 saturated heterocycles. The van der Waals surface area contributed by atoms with Gasteiger partial charge < -0.3 is 9.42 Å². The van der Waals surface area contributed by atoms with E-state index in [-0.39, 0.29) is 0 Å². The molecule has 0 radical (unpaired) electrons. The highest BCUT2D eigenvalue weighted by atomic mass is 16.5. The molecule has 0 amide bonds. The summed E-state index contributed by atoms with van der Waals surface area (Å²) < 4.78 is 5.47. The Balaban J connectivity index is 1.80. The Morgan fingerprint density at radius 2 is 2.11 bits per heavy atom. The van der Waals surface area contributed by atoms with E-state index in [1.165, 1.54) is 55.5 Å². The monoisotopic (exact) mass is 258 g/mol. The summed E-state index contributed by atoms with van der Waals surface area (Å²) in [5, 5.41) is 5.55. The summed E-state index contributed by atoms with van der Waals surface area (Å²) in [4.78, 5) is 2.56. The highest BCUT2D eigenvalue weighted by Crippen LogP contribution is 2.32.